The first-order chi connectivity index (χ1) is 21.4. The van der Waals surface area contributed by atoms with Crippen molar-refractivity contribution >= 4 is 28.3 Å². The number of rotatable bonds is 7. The Kier molecular flexibility index (Phi) is 7.43. The number of hydrogen-bond acceptors (Lipinski definition) is 7. The lowest BCUT2D eigenvalue weighted by Crippen LogP contribution is -2.56. The second kappa shape index (κ2) is 11.3. The number of ether oxygens (including phenoxy) is 1. The molecule has 3 aromatic rings. The monoisotopic (exact) mass is 599 g/mol. The second-order valence-corrected chi connectivity index (χ2v) is 13.0. The van der Waals surface area contributed by atoms with Crippen molar-refractivity contribution in [1.82, 2.24) is 30.5 Å². The molecule has 1 atom stereocenters. The Morgan fingerprint density at radius 3 is 2.66 bits per heavy atom. The van der Waals surface area contributed by atoms with Crippen LogP contribution in [0, 0.1) is 12.7 Å². The standard InChI is InChI=1S/C34H42FN7O2/c1-4-23-11-6-10-22(3)26(23)24(5-2)28-27(35)29-25(18-36-28)30(41-15-7-12-33(20-41)19-37-31(43)40-33)39-32(38-29)44-21-34-13-8-16-42(34)17-9-14-34/h5-6,10-11,18H,4,7-9,12-17,19-21H2,1-3H3,(H2,37,40,43)/b24-5+. The molecule has 9 nitrogen and oxygen atoms in total. The molecule has 0 saturated carbocycles. The number of fused-ring (bicyclic) bond motifs is 2. The van der Waals surface area contributed by atoms with Crippen LogP contribution in [0.15, 0.2) is 30.5 Å². The topological polar surface area (TPSA) is 95.5 Å². The van der Waals surface area contributed by atoms with Gasteiger partial charge >= 0.3 is 12.0 Å². The number of urea groups is 1. The minimum Gasteiger partial charge on any atom is -0.461 e. The summed E-state index contributed by atoms with van der Waals surface area (Å²) >= 11 is 0. The van der Waals surface area contributed by atoms with Crippen LogP contribution in [0.1, 0.15) is 74.8 Å². The molecule has 0 radical (unpaired) electrons. The Labute approximate surface area is 258 Å². The van der Waals surface area contributed by atoms with E-state index in [1.54, 1.807) is 6.20 Å². The van der Waals surface area contributed by atoms with Crippen LogP contribution in [0.4, 0.5) is 15.0 Å². The van der Waals surface area contributed by atoms with Crippen LogP contribution >= 0.6 is 0 Å². The number of amides is 2. The highest BCUT2D eigenvalue weighted by Crippen LogP contribution is 2.40. The molecule has 4 aliphatic rings. The van der Waals surface area contributed by atoms with E-state index in [0.29, 0.717) is 30.9 Å². The number of carbonyl (C=O) groups excluding carboxylic acids is 1. The van der Waals surface area contributed by atoms with Crippen molar-refractivity contribution in [3.63, 3.8) is 0 Å². The lowest BCUT2D eigenvalue weighted by Gasteiger charge is -2.40. The predicted octanol–water partition coefficient (Wildman–Crippen LogP) is 5.15. The number of nitrogens with zero attached hydrogens (tertiary/aromatic N) is 5. The van der Waals surface area contributed by atoms with Gasteiger partial charge in [-0.15, -0.1) is 0 Å². The summed E-state index contributed by atoms with van der Waals surface area (Å²) < 4.78 is 23.3. The first-order valence-electron chi connectivity index (χ1n) is 16.2. The summed E-state index contributed by atoms with van der Waals surface area (Å²) in [6.45, 7) is 10.6. The van der Waals surface area contributed by atoms with Crippen molar-refractivity contribution in [2.24, 2.45) is 0 Å². The summed E-state index contributed by atoms with van der Waals surface area (Å²) in [5.74, 6) is 0.126. The number of anilines is 1. The Morgan fingerprint density at radius 1 is 1.14 bits per heavy atom. The molecule has 4 saturated heterocycles. The number of carbonyl (C=O) groups is 1. The molecule has 4 aliphatic heterocycles. The van der Waals surface area contributed by atoms with Crippen LogP contribution in [-0.4, -0.2) is 76.3 Å². The summed E-state index contributed by atoms with van der Waals surface area (Å²) in [6.07, 6.45) is 10.7. The molecular weight excluding hydrogens is 557 g/mol. The smallest absolute Gasteiger partial charge is 0.319 e. The highest BCUT2D eigenvalue weighted by Gasteiger charge is 2.45. The quantitative estimate of drug-likeness (QED) is 0.388. The van der Waals surface area contributed by atoms with Crippen LogP contribution in [0.25, 0.3) is 16.5 Å². The number of hydrogen-bond donors (Lipinski definition) is 2. The maximum absolute atomic E-state index is 16.8. The zero-order chi connectivity index (χ0) is 30.5. The van der Waals surface area contributed by atoms with E-state index in [9.17, 15) is 4.79 Å². The number of nitrogens with one attached hydrogen (secondary N) is 2. The minimum absolute atomic E-state index is 0.00885. The fourth-order valence-corrected chi connectivity index (χ4v) is 8.12. The fourth-order valence-electron chi connectivity index (χ4n) is 8.12. The lowest BCUT2D eigenvalue weighted by molar-refractivity contribution is 0.108. The van der Waals surface area contributed by atoms with Crippen LogP contribution < -0.4 is 20.3 Å². The second-order valence-electron chi connectivity index (χ2n) is 13.0. The van der Waals surface area contributed by atoms with E-state index in [0.717, 1.165) is 86.8 Å². The molecule has 1 unspecified atom stereocenters. The summed E-state index contributed by atoms with van der Waals surface area (Å²) in [5.41, 5.74) is 4.09. The Hall–Kier alpha value is -3.79. The molecule has 0 aliphatic carbocycles. The van der Waals surface area contributed by atoms with Crippen LogP contribution in [0.5, 0.6) is 6.01 Å². The van der Waals surface area contributed by atoms with Crippen molar-refractivity contribution in [3.8, 4) is 6.01 Å². The number of aryl methyl sites for hydroxylation is 2. The third-order valence-corrected chi connectivity index (χ3v) is 10.3. The number of halogens is 1. The normalized spacial score (nSPS) is 23.3. The van der Waals surface area contributed by atoms with E-state index < -0.39 is 11.4 Å². The molecule has 44 heavy (non-hydrogen) atoms. The molecule has 2 aromatic heterocycles. The van der Waals surface area contributed by atoms with Crippen LogP contribution in [0.2, 0.25) is 0 Å². The van der Waals surface area contributed by atoms with Gasteiger partial charge in [0.15, 0.2) is 5.82 Å². The van der Waals surface area contributed by atoms with Crippen LogP contribution in [0.3, 0.4) is 0 Å². The SMILES string of the molecule is C/C=C(/c1ncc2c(N3CCCC4(CNC(=O)N4)C3)nc(OCC34CCCN3CCC4)nc2c1F)c1c(C)cccc1CC. The fraction of sp³-hybridized carbons (Fsp3) is 0.529. The summed E-state index contributed by atoms with van der Waals surface area (Å²) in [7, 11) is 0. The number of allylic oxidation sites excluding steroid dienone is 1. The van der Waals surface area contributed by atoms with E-state index in [2.05, 4.69) is 46.4 Å². The highest BCUT2D eigenvalue weighted by molar-refractivity contribution is 5.93. The van der Waals surface area contributed by atoms with Crippen molar-refractivity contribution < 1.29 is 13.9 Å². The maximum Gasteiger partial charge on any atom is 0.319 e. The molecule has 10 heteroatoms. The van der Waals surface area contributed by atoms with E-state index in [1.807, 2.05) is 19.1 Å². The third-order valence-electron chi connectivity index (χ3n) is 10.3. The lowest BCUT2D eigenvalue weighted by atomic mass is 9.89. The Bertz CT molecular complexity index is 1630. The first-order valence-corrected chi connectivity index (χ1v) is 16.2. The highest BCUT2D eigenvalue weighted by atomic mass is 19.1. The van der Waals surface area contributed by atoms with Gasteiger partial charge in [-0.05, 0) is 88.6 Å². The largest absolute Gasteiger partial charge is 0.461 e. The van der Waals surface area contributed by atoms with Gasteiger partial charge in [0, 0.05) is 31.4 Å². The molecule has 1 spiro atoms. The predicted molar refractivity (Wildman–Crippen MR) is 170 cm³/mol. The summed E-state index contributed by atoms with van der Waals surface area (Å²) in [5, 5.41) is 6.59. The van der Waals surface area contributed by atoms with Crippen molar-refractivity contribution in [2.75, 3.05) is 44.2 Å². The van der Waals surface area contributed by atoms with Gasteiger partial charge in [0.25, 0.3) is 0 Å². The van der Waals surface area contributed by atoms with Gasteiger partial charge in [-0.2, -0.15) is 9.97 Å². The van der Waals surface area contributed by atoms with Crippen molar-refractivity contribution in [2.45, 2.75) is 76.8 Å². The van der Waals surface area contributed by atoms with Gasteiger partial charge in [-0.1, -0.05) is 31.2 Å². The van der Waals surface area contributed by atoms with Gasteiger partial charge in [-0.25, -0.2) is 9.18 Å². The number of pyridine rings is 1. The zero-order valence-corrected chi connectivity index (χ0v) is 26.0. The molecule has 1 aromatic carbocycles. The Morgan fingerprint density at radius 2 is 1.93 bits per heavy atom. The zero-order valence-electron chi connectivity index (χ0n) is 26.0. The molecule has 0 bridgehead atoms. The van der Waals surface area contributed by atoms with Gasteiger partial charge in [0.1, 0.15) is 23.6 Å². The van der Waals surface area contributed by atoms with Gasteiger partial charge in [-0.3, -0.25) is 9.88 Å². The molecule has 2 amide bonds. The van der Waals surface area contributed by atoms with E-state index in [1.165, 1.54) is 0 Å². The van der Waals surface area contributed by atoms with Gasteiger partial charge in [0.2, 0.25) is 0 Å². The number of aromatic nitrogens is 3. The van der Waals surface area contributed by atoms with Crippen LogP contribution in [-0.2, 0) is 6.42 Å². The summed E-state index contributed by atoms with van der Waals surface area (Å²) in [4.78, 5) is 31.2. The van der Waals surface area contributed by atoms with Crippen molar-refractivity contribution in [1.29, 1.82) is 0 Å². The number of piperidine rings is 1. The molecule has 2 N–H and O–H groups in total. The minimum atomic E-state index is -0.474. The summed E-state index contributed by atoms with van der Waals surface area (Å²) in [6, 6.07) is 6.23. The number of benzene rings is 1. The maximum atomic E-state index is 16.8. The molecular formula is C34H42FN7O2. The average Bonchev–Trinajstić information content (AvgIpc) is 3.72. The first kappa shape index (κ1) is 29.0. The molecule has 7 rings (SSSR count). The Balaban J connectivity index is 1.33. The average molecular weight is 600 g/mol. The van der Waals surface area contributed by atoms with E-state index in [-0.39, 0.29) is 28.8 Å². The van der Waals surface area contributed by atoms with E-state index in [4.69, 9.17) is 19.7 Å². The van der Waals surface area contributed by atoms with Gasteiger partial charge in [0.05, 0.1) is 16.5 Å². The van der Waals surface area contributed by atoms with Crippen molar-refractivity contribution in [3.05, 3.63) is 58.7 Å². The third kappa shape index (κ3) is 4.87. The van der Waals surface area contributed by atoms with E-state index >= 15 is 4.39 Å². The molecule has 4 fully saturated rings. The molecule has 232 valence electrons. The molecule has 6 heterocycles. The van der Waals surface area contributed by atoms with Gasteiger partial charge < -0.3 is 20.3 Å².